The zero-order chi connectivity index (χ0) is 16.5. The van der Waals surface area contributed by atoms with E-state index in [0.717, 1.165) is 12.2 Å². The maximum atomic E-state index is 13.5. The van der Waals surface area contributed by atoms with E-state index in [2.05, 4.69) is 15.6 Å². The van der Waals surface area contributed by atoms with Gasteiger partial charge in [0.25, 0.3) is 0 Å². The predicted octanol–water partition coefficient (Wildman–Crippen LogP) is 3.21. The van der Waals surface area contributed by atoms with Crippen molar-refractivity contribution in [2.45, 2.75) is 19.4 Å². The lowest BCUT2D eigenvalue weighted by Crippen LogP contribution is -2.42. The first-order chi connectivity index (χ1) is 11.2. The van der Waals surface area contributed by atoms with Gasteiger partial charge in [-0.2, -0.15) is 0 Å². The van der Waals surface area contributed by atoms with E-state index in [-0.39, 0.29) is 41.6 Å². The highest BCUT2D eigenvalue weighted by molar-refractivity contribution is 14.0. The molecule has 1 atom stereocenters. The highest BCUT2D eigenvalue weighted by Gasteiger charge is 2.08. The van der Waals surface area contributed by atoms with E-state index >= 15 is 0 Å². The summed E-state index contributed by atoms with van der Waals surface area (Å²) in [6.07, 6.45) is 2.23. The molecule has 1 aromatic heterocycles. The number of benzene rings is 1. The van der Waals surface area contributed by atoms with Gasteiger partial charge in [-0.1, -0.05) is 12.1 Å². The summed E-state index contributed by atoms with van der Waals surface area (Å²) in [5, 5.41) is 6.34. The first kappa shape index (κ1) is 20.3. The fourth-order valence-electron chi connectivity index (χ4n) is 2.02. The van der Waals surface area contributed by atoms with E-state index in [0.29, 0.717) is 19.0 Å². The number of furan rings is 1. The van der Waals surface area contributed by atoms with Gasteiger partial charge < -0.3 is 19.8 Å². The van der Waals surface area contributed by atoms with Crippen LogP contribution in [0.3, 0.4) is 0 Å². The van der Waals surface area contributed by atoms with Crippen molar-refractivity contribution in [2.24, 2.45) is 4.99 Å². The first-order valence-electron chi connectivity index (χ1n) is 7.57. The topological polar surface area (TPSA) is 58.8 Å². The van der Waals surface area contributed by atoms with E-state index in [1.165, 1.54) is 6.07 Å². The molecule has 1 unspecified atom stereocenters. The van der Waals surface area contributed by atoms with E-state index in [1.54, 1.807) is 31.5 Å². The van der Waals surface area contributed by atoms with Crippen LogP contribution in [-0.2, 0) is 6.42 Å². The maximum absolute atomic E-state index is 13.5. The first-order valence-corrected chi connectivity index (χ1v) is 7.57. The minimum Gasteiger partial charge on any atom is -0.486 e. The zero-order valence-electron chi connectivity index (χ0n) is 13.8. The molecule has 0 aliphatic heterocycles. The van der Waals surface area contributed by atoms with Crippen LogP contribution in [0.2, 0.25) is 0 Å². The average molecular weight is 447 g/mol. The Morgan fingerprint density at radius 1 is 1.25 bits per heavy atom. The molecule has 0 aliphatic carbocycles. The van der Waals surface area contributed by atoms with Crippen LogP contribution in [0.4, 0.5) is 4.39 Å². The molecule has 0 saturated heterocycles. The molecule has 5 nitrogen and oxygen atoms in total. The van der Waals surface area contributed by atoms with Crippen LogP contribution in [-0.4, -0.2) is 32.2 Å². The van der Waals surface area contributed by atoms with Crippen LogP contribution >= 0.6 is 24.0 Å². The molecule has 24 heavy (non-hydrogen) atoms. The summed E-state index contributed by atoms with van der Waals surface area (Å²) < 4.78 is 24.4. The third-order valence-corrected chi connectivity index (χ3v) is 3.19. The highest BCUT2D eigenvalue weighted by atomic mass is 127. The molecule has 2 aromatic rings. The molecule has 1 aromatic carbocycles. The van der Waals surface area contributed by atoms with Crippen molar-refractivity contribution in [2.75, 3.05) is 20.1 Å². The van der Waals surface area contributed by atoms with Crippen LogP contribution in [0.25, 0.3) is 0 Å². The van der Waals surface area contributed by atoms with Gasteiger partial charge in [0.05, 0.1) is 12.8 Å². The molecule has 0 amide bonds. The molecule has 2 rings (SSSR count). The number of guanidine groups is 1. The van der Waals surface area contributed by atoms with Crippen LogP contribution in [0.1, 0.15) is 12.7 Å². The molecule has 2 N–H and O–H groups in total. The van der Waals surface area contributed by atoms with E-state index in [9.17, 15) is 4.39 Å². The third kappa shape index (κ3) is 6.77. The van der Waals surface area contributed by atoms with Crippen molar-refractivity contribution >= 4 is 29.9 Å². The summed E-state index contributed by atoms with van der Waals surface area (Å²) in [6.45, 7) is 3.08. The standard InChI is InChI=1S/C17H22FN3O2.HI/c1-13(23-16-8-4-3-7-15(16)18)12-21-17(19-2)20-10-9-14-6-5-11-22-14;/h3-8,11,13H,9-10,12H2,1-2H3,(H2,19,20,21);1H. The average Bonchev–Trinajstić information content (AvgIpc) is 3.06. The molecule has 0 bridgehead atoms. The number of hydrogen-bond acceptors (Lipinski definition) is 3. The molecule has 132 valence electrons. The second kappa shape index (κ2) is 10.9. The lowest BCUT2D eigenvalue weighted by Gasteiger charge is -2.18. The highest BCUT2D eigenvalue weighted by Crippen LogP contribution is 2.16. The van der Waals surface area contributed by atoms with Crippen molar-refractivity contribution in [3.63, 3.8) is 0 Å². The summed E-state index contributed by atoms with van der Waals surface area (Å²) in [6, 6.07) is 10.2. The fourth-order valence-corrected chi connectivity index (χ4v) is 2.02. The lowest BCUT2D eigenvalue weighted by atomic mass is 10.3. The van der Waals surface area contributed by atoms with Crippen LogP contribution in [0.5, 0.6) is 5.75 Å². The Balaban J connectivity index is 0.00000288. The Hall–Kier alpha value is -1.77. The van der Waals surface area contributed by atoms with E-state index in [4.69, 9.17) is 9.15 Å². The number of nitrogens with zero attached hydrogens (tertiary/aromatic N) is 1. The van der Waals surface area contributed by atoms with Crippen molar-refractivity contribution in [1.29, 1.82) is 0 Å². The number of hydrogen-bond donors (Lipinski definition) is 2. The Morgan fingerprint density at radius 2 is 2.04 bits per heavy atom. The summed E-state index contributed by atoms with van der Waals surface area (Å²) in [5.41, 5.74) is 0. The van der Waals surface area contributed by atoms with E-state index in [1.807, 2.05) is 19.1 Å². The predicted molar refractivity (Wildman–Crippen MR) is 104 cm³/mol. The van der Waals surface area contributed by atoms with Crippen molar-refractivity contribution in [1.82, 2.24) is 10.6 Å². The molecule has 0 saturated carbocycles. The van der Waals surface area contributed by atoms with E-state index < -0.39 is 0 Å². The number of aliphatic imine (C=N–C) groups is 1. The minimum absolute atomic E-state index is 0. The fraction of sp³-hybridized carbons (Fsp3) is 0.353. The summed E-state index contributed by atoms with van der Waals surface area (Å²) in [5.74, 6) is 1.48. The summed E-state index contributed by atoms with van der Waals surface area (Å²) >= 11 is 0. The van der Waals surface area contributed by atoms with Gasteiger partial charge in [0.1, 0.15) is 11.9 Å². The summed E-state index contributed by atoms with van der Waals surface area (Å²) in [4.78, 5) is 4.14. The molecule has 0 fully saturated rings. The Bertz CT molecular complexity index is 620. The van der Waals surface area contributed by atoms with Gasteiger partial charge in [-0.3, -0.25) is 4.99 Å². The molecular formula is C17H23FIN3O2. The molecule has 0 spiro atoms. The van der Waals surface area contributed by atoms with Crippen LogP contribution in [0, 0.1) is 5.82 Å². The number of para-hydroxylation sites is 1. The lowest BCUT2D eigenvalue weighted by molar-refractivity contribution is 0.214. The smallest absolute Gasteiger partial charge is 0.191 e. The third-order valence-electron chi connectivity index (χ3n) is 3.19. The SMILES string of the molecule is CN=C(NCCc1ccco1)NCC(C)Oc1ccccc1F.I. The van der Waals surface area contributed by atoms with Gasteiger partial charge in [-0.05, 0) is 31.2 Å². The number of ether oxygens (including phenoxy) is 1. The van der Waals surface area contributed by atoms with Gasteiger partial charge in [-0.15, -0.1) is 24.0 Å². The van der Waals surface area contributed by atoms with Gasteiger partial charge in [0.2, 0.25) is 0 Å². The van der Waals surface area contributed by atoms with Gasteiger partial charge >= 0.3 is 0 Å². The molecular weight excluding hydrogens is 424 g/mol. The maximum Gasteiger partial charge on any atom is 0.191 e. The normalized spacial score (nSPS) is 12.2. The summed E-state index contributed by atoms with van der Waals surface area (Å²) in [7, 11) is 1.70. The second-order valence-corrected chi connectivity index (χ2v) is 5.07. The van der Waals surface area contributed by atoms with Crippen molar-refractivity contribution < 1.29 is 13.5 Å². The van der Waals surface area contributed by atoms with Gasteiger partial charge in [-0.25, -0.2) is 4.39 Å². The Labute approximate surface area is 158 Å². The second-order valence-electron chi connectivity index (χ2n) is 5.07. The van der Waals surface area contributed by atoms with Gasteiger partial charge in [0, 0.05) is 20.0 Å². The van der Waals surface area contributed by atoms with Gasteiger partial charge in [0.15, 0.2) is 17.5 Å². The minimum atomic E-state index is -0.361. The molecule has 1 heterocycles. The van der Waals surface area contributed by atoms with Crippen LogP contribution in [0.15, 0.2) is 52.1 Å². The quantitative estimate of drug-likeness (QED) is 0.389. The van der Waals surface area contributed by atoms with Crippen molar-refractivity contribution in [3.8, 4) is 5.75 Å². The molecule has 0 aliphatic rings. The monoisotopic (exact) mass is 447 g/mol. The molecule has 7 heteroatoms. The number of nitrogens with one attached hydrogen (secondary N) is 2. The zero-order valence-corrected chi connectivity index (χ0v) is 16.1. The molecule has 0 radical (unpaired) electrons. The number of halogens is 2. The number of rotatable bonds is 7. The van der Waals surface area contributed by atoms with Crippen LogP contribution < -0.4 is 15.4 Å². The van der Waals surface area contributed by atoms with Crippen molar-refractivity contribution in [3.05, 3.63) is 54.2 Å². The largest absolute Gasteiger partial charge is 0.486 e. The Morgan fingerprint density at radius 3 is 2.71 bits per heavy atom. The Kier molecular flexibility index (Phi) is 9.21.